The Morgan fingerprint density at radius 3 is 2.65 bits per heavy atom. The predicted octanol–water partition coefficient (Wildman–Crippen LogP) is 2.46. The summed E-state index contributed by atoms with van der Waals surface area (Å²) in [6.07, 6.45) is 2.78. The summed E-state index contributed by atoms with van der Waals surface area (Å²) in [6.45, 7) is 0. The summed E-state index contributed by atoms with van der Waals surface area (Å²) in [6, 6.07) is 13.7. The van der Waals surface area contributed by atoms with Crippen molar-refractivity contribution in [1.29, 1.82) is 0 Å². The van der Waals surface area contributed by atoms with Gasteiger partial charge in [-0.25, -0.2) is 4.98 Å². The van der Waals surface area contributed by atoms with Crippen LogP contribution in [-0.2, 0) is 0 Å². The maximum atomic E-state index is 12.0. The van der Waals surface area contributed by atoms with Gasteiger partial charge in [-0.15, -0.1) is 0 Å². The molecule has 0 aliphatic rings. The molecule has 20 heavy (non-hydrogen) atoms. The Bertz CT molecular complexity index is 785. The van der Waals surface area contributed by atoms with E-state index in [2.05, 4.69) is 15.3 Å². The van der Waals surface area contributed by atoms with Gasteiger partial charge in [0.2, 0.25) is 0 Å². The zero-order chi connectivity index (χ0) is 13.9. The maximum absolute atomic E-state index is 12.0. The van der Waals surface area contributed by atoms with Gasteiger partial charge < -0.3 is 11.1 Å². The highest BCUT2D eigenvalue weighted by atomic mass is 16.1. The number of fused-ring (bicyclic) bond motifs is 1. The highest BCUT2D eigenvalue weighted by Crippen LogP contribution is 2.19. The molecule has 0 aliphatic heterocycles. The first-order chi connectivity index (χ1) is 9.72. The average molecular weight is 264 g/mol. The van der Waals surface area contributed by atoms with Gasteiger partial charge in [0.1, 0.15) is 11.5 Å². The lowest BCUT2D eigenvalue weighted by Gasteiger charge is -2.06. The molecule has 98 valence electrons. The minimum Gasteiger partial charge on any atom is -0.382 e. The van der Waals surface area contributed by atoms with E-state index < -0.39 is 0 Å². The van der Waals surface area contributed by atoms with Gasteiger partial charge in [0, 0.05) is 5.69 Å². The van der Waals surface area contributed by atoms with Crippen LogP contribution in [0.1, 0.15) is 10.5 Å². The average Bonchev–Trinajstić information content (AvgIpc) is 2.47. The molecule has 3 aromatic rings. The molecule has 0 radical (unpaired) electrons. The molecular formula is C15H12N4O. The highest BCUT2D eigenvalue weighted by molar-refractivity contribution is 6.03. The Hall–Kier alpha value is -2.95. The van der Waals surface area contributed by atoms with Gasteiger partial charge >= 0.3 is 0 Å². The normalized spacial score (nSPS) is 10.4. The number of hydrogen-bond donors (Lipinski definition) is 2. The molecule has 3 N–H and O–H groups in total. The third-order valence-corrected chi connectivity index (χ3v) is 2.89. The molecule has 1 aromatic heterocycles. The van der Waals surface area contributed by atoms with Gasteiger partial charge in [0.05, 0.1) is 12.4 Å². The molecule has 0 fully saturated rings. The van der Waals surface area contributed by atoms with Gasteiger partial charge in [-0.3, -0.25) is 9.78 Å². The molecule has 3 rings (SSSR count). The second kappa shape index (κ2) is 4.97. The third-order valence-electron chi connectivity index (χ3n) is 2.89. The van der Waals surface area contributed by atoms with Crippen LogP contribution in [0.2, 0.25) is 0 Å². The minimum atomic E-state index is -0.333. The zero-order valence-electron chi connectivity index (χ0n) is 10.6. The Morgan fingerprint density at radius 2 is 1.85 bits per heavy atom. The van der Waals surface area contributed by atoms with Crippen LogP contribution < -0.4 is 11.1 Å². The Balaban J connectivity index is 1.87. The fraction of sp³-hybridized carbons (Fsp3) is 0. The van der Waals surface area contributed by atoms with Crippen molar-refractivity contribution in [3.8, 4) is 0 Å². The van der Waals surface area contributed by atoms with E-state index in [1.807, 2.05) is 42.5 Å². The lowest BCUT2D eigenvalue weighted by Crippen LogP contribution is -2.14. The number of carbonyl (C=O) groups is 1. The summed E-state index contributed by atoms with van der Waals surface area (Å²) < 4.78 is 0. The lowest BCUT2D eigenvalue weighted by atomic mass is 10.1. The molecular weight excluding hydrogens is 252 g/mol. The molecule has 1 heterocycles. The molecule has 0 saturated carbocycles. The molecule has 2 aromatic carbocycles. The van der Waals surface area contributed by atoms with Crippen LogP contribution in [0.4, 0.5) is 11.5 Å². The summed E-state index contributed by atoms with van der Waals surface area (Å²) in [5, 5.41) is 4.96. The van der Waals surface area contributed by atoms with E-state index >= 15 is 0 Å². The number of nitrogen functional groups attached to an aromatic ring is 1. The van der Waals surface area contributed by atoms with Crippen LogP contribution in [0, 0.1) is 0 Å². The van der Waals surface area contributed by atoms with Crippen molar-refractivity contribution in [3.63, 3.8) is 0 Å². The summed E-state index contributed by atoms with van der Waals surface area (Å²) in [4.78, 5) is 19.8. The van der Waals surface area contributed by atoms with Gasteiger partial charge in [0.25, 0.3) is 5.91 Å². The molecule has 0 saturated heterocycles. The van der Waals surface area contributed by atoms with Crippen molar-refractivity contribution in [2.24, 2.45) is 0 Å². The zero-order valence-corrected chi connectivity index (χ0v) is 10.6. The molecule has 5 heteroatoms. The van der Waals surface area contributed by atoms with Crippen LogP contribution in [0.25, 0.3) is 10.8 Å². The Kier molecular flexibility index (Phi) is 3.01. The standard InChI is InChI=1S/C15H12N4O/c16-14-9-17-8-13(19-14)15(20)18-12-6-5-10-3-1-2-4-11(10)7-12/h1-9H,(H2,16,19)(H,18,20). The van der Waals surface area contributed by atoms with E-state index in [1.165, 1.54) is 12.4 Å². The van der Waals surface area contributed by atoms with Crippen LogP contribution >= 0.6 is 0 Å². The highest BCUT2D eigenvalue weighted by Gasteiger charge is 2.08. The number of amides is 1. The minimum absolute atomic E-state index is 0.193. The number of anilines is 2. The van der Waals surface area contributed by atoms with Crippen LogP contribution in [0.15, 0.2) is 54.9 Å². The second-order valence-corrected chi connectivity index (χ2v) is 4.35. The van der Waals surface area contributed by atoms with E-state index in [0.717, 1.165) is 10.8 Å². The molecule has 0 atom stereocenters. The van der Waals surface area contributed by atoms with Crippen molar-refractivity contribution in [2.45, 2.75) is 0 Å². The van der Waals surface area contributed by atoms with E-state index in [9.17, 15) is 4.79 Å². The lowest BCUT2D eigenvalue weighted by molar-refractivity contribution is 0.102. The Labute approximate surface area is 115 Å². The first-order valence-corrected chi connectivity index (χ1v) is 6.10. The number of nitrogens with one attached hydrogen (secondary N) is 1. The van der Waals surface area contributed by atoms with E-state index in [4.69, 9.17) is 5.73 Å². The van der Waals surface area contributed by atoms with Crippen molar-refractivity contribution < 1.29 is 4.79 Å². The molecule has 0 aliphatic carbocycles. The number of nitrogens with two attached hydrogens (primary N) is 1. The van der Waals surface area contributed by atoms with Gasteiger partial charge in [-0.1, -0.05) is 30.3 Å². The number of rotatable bonds is 2. The van der Waals surface area contributed by atoms with Gasteiger partial charge in [0.15, 0.2) is 0 Å². The number of benzene rings is 2. The summed E-state index contributed by atoms with van der Waals surface area (Å²) >= 11 is 0. The largest absolute Gasteiger partial charge is 0.382 e. The molecule has 1 amide bonds. The van der Waals surface area contributed by atoms with Gasteiger partial charge in [-0.05, 0) is 22.9 Å². The fourth-order valence-electron chi connectivity index (χ4n) is 1.95. The van der Waals surface area contributed by atoms with Crippen molar-refractivity contribution in [1.82, 2.24) is 9.97 Å². The summed E-state index contributed by atoms with van der Waals surface area (Å²) in [5.74, 6) is -0.115. The van der Waals surface area contributed by atoms with Crippen molar-refractivity contribution in [2.75, 3.05) is 11.1 Å². The molecule has 5 nitrogen and oxygen atoms in total. The van der Waals surface area contributed by atoms with E-state index in [0.29, 0.717) is 5.69 Å². The van der Waals surface area contributed by atoms with Crippen molar-refractivity contribution in [3.05, 3.63) is 60.6 Å². The second-order valence-electron chi connectivity index (χ2n) is 4.35. The first kappa shape index (κ1) is 12.1. The monoisotopic (exact) mass is 264 g/mol. The molecule has 0 bridgehead atoms. The van der Waals surface area contributed by atoms with Crippen LogP contribution in [0.5, 0.6) is 0 Å². The van der Waals surface area contributed by atoms with Crippen molar-refractivity contribution >= 4 is 28.2 Å². The van der Waals surface area contributed by atoms with E-state index in [-0.39, 0.29) is 17.4 Å². The summed E-state index contributed by atoms with van der Waals surface area (Å²) in [5.41, 5.74) is 6.41. The smallest absolute Gasteiger partial charge is 0.275 e. The quantitative estimate of drug-likeness (QED) is 0.745. The first-order valence-electron chi connectivity index (χ1n) is 6.10. The van der Waals surface area contributed by atoms with E-state index in [1.54, 1.807) is 0 Å². The predicted molar refractivity (Wildman–Crippen MR) is 78.3 cm³/mol. The molecule has 0 unspecified atom stereocenters. The van der Waals surface area contributed by atoms with Crippen LogP contribution in [-0.4, -0.2) is 15.9 Å². The number of carbonyl (C=O) groups excluding carboxylic acids is 1. The third kappa shape index (κ3) is 2.42. The van der Waals surface area contributed by atoms with Gasteiger partial charge in [-0.2, -0.15) is 0 Å². The number of aromatic nitrogens is 2. The SMILES string of the molecule is Nc1cncc(C(=O)Nc2ccc3ccccc3c2)n1. The Morgan fingerprint density at radius 1 is 1.05 bits per heavy atom. The number of nitrogens with zero attached hydrogens (tertiary/aromatic N) is 2. The fourth-order valence-corrected chi connectivity index (χ4v) is 1.95. The summed E-state index contributed by atoms with van der Waals surface area (Å²) in [7, 11) is 0. The topological polar surface area (TPSA) is 80.9 Å². The maximum Gasteiger partial charge on any atom is 0.275 e. The molecule has 0 spiro atoms. The van der Waals surface area contributed by atoms with Crippen LogP contribution in [0.3, 0.4) is 0 Å². The number of hydrogen-bond acceptors (Lipinski definition) is 4.